The van der Waals surface area contributed by atoms with Gasteiger partial charge >= 0.3 is 18.4 Å². The van der Waals surface area contributed by atoms with E-state index in [1.165, 1.54) is 37.4 Å². The third kappa shape index (κ3) is 7.24. The standard InChI is InChI=1S/C32H25F7N4O3S/c1-19-27(41-30(44)42-29-10-2-3-15-40-29)17-21-13-11-20(12-14-24-25(32(37,38)39)8-5-9-26(24)33)16-28(21)43(19)47(45,46)23-7-4-6-22(18-23)31(34,35)36/h2-16,18-19,27H,17H2,1H3,(H2,40,41,42,44). The van der Waals surface area contributed by atoms with Gasteiger partial charge in [0.25, 0.3) is 10.0 Å². The van der Waals surface area contributed by atoms with Crippen LogP contribution in [-0.4, -0.2) is 31.5 Å². The smallest absolute Gasteiger partial charge is 0.333 e. The first-order valence-electron chi connectivity index (χ1n) is 13.9. The fourth-order valence-corrected chi connectivity index (χ4v) is 6.98. The number of carbonyl (C=O) groups excluding carboxylic acids is 1. The molecule has 0 spiro atoms. The van der Waals surface area contributed by atoms with Gasteiger partial charge in [-0.15, -0.1) is 0 Å². The summed E-state index contributed by atoms with van der Waals surface area (Å²) in [6, 6.07) is 12.1. The third-order valence-corrected chi connectivity index (χ3v) is 9.38. The van der Waals surface area contributed by atoms with Crippen molar-refractivity contribution in [3.8, 4) is 0 Å². The molecule has 1 aliphatic heterocycles. The van der Waals surface area contributed by atoms with Gasteiger partial charge in [-0.25, -0.2) is 22.6 Å². The number of rotatable bonds is 6. The highest BCUT2D eigenvalue weighted by molar-refractivity contribution is 7.92. The molecule has 2 heterocycles. The van der Waals surface area contributed by atoms with Crippen LogP contribution in [0.15, 0.2) is 90.0 Å². The van der Waals surface area contributed by atoms with Crippen LogP contribution >= 0.6 is 0 Å². The summed E-state index contributed by atoms with van der Waals surface area (Å²) < 4.78 is 125. The average Bonchev–Trinajstić information content (AvgIpc) is 3.00. The van der Waals surface area contributed by atoms with Gasteiger partial charge in [-0.3, -0.25) is 9.62 Å². The Hall–Kier alpha value is -4.92. The molecule has 1 aromatic heterocycles. The van der Waals surface area contributed by atoms with E-state index in [2.05, 4.69) is 15.6 Å². The molecule has 0 aliphatic carbocycles. The van der Waals surface area contributed by atoms with E-state index < -0.39 is 67.9 Å². The molecular weight excluding hydrogens is 653 g/mol. The minimum atomic E-state index is -4.85. The van der Waals surface area contributed by atoms with Crippen molar-refractivity contribution in [2.45, 2.75) is 42.7 Å². The molecule has 15 heteroatoms. The van der Waals surface area contributed by atoms with Crippen molar-refractivity contribution >= 4 is 39.7 Å². The zero-order valence-electron chi connectivity index (χ0n) is 24.3. The van der Waals surface area contributed by atoms with E-state index in [1.54, 1.807) is 12.1 Å². The van der Waals surface area contributed by atoms with Crippen LogP contribution in [0.1, 0.15) is 34.7 Å². The number of nitrogens with one attached hydrogen (secondary N) is 2. The lowest BCUT2D eigenvalue weighted by Gasteiger charge is -2.41. The monoisotopic (exact) mass is 678 g/mol. The second-order valence-electron chi connectivity index (χ2n) is 10.6. The predicted molar refractivity (Wildman–Crippen MR) is 161 cm³/mol. The largest absolute Gasteiger partial charge is 0.417 e. The van der Waals surface area contributed by atoms with Crippen LogP contribution in [0.2, 0.25) is 0 Å². The number of pyridine rings is 1. The number of anilines is 2. The third-order valence-electron chi connectivity index (χ3n) is 7.48. The first-order valence-corrected chi connectivity index (χ1v) is 15.4. The molecule has 0 bridgehead atoms. The molecule has 1 aliphatic rings. The van der Waals surface area contributed by atoms with Gasteiger partial charge in [-0.2, -0.15) is 26.3 Å². The number of benzene rings is 3. The van der Waals surface area contributed by atoms with Crippen molar-refractivity contribution in [2.24, 2.45) is 0 Å². The molecular formula is C32H25F7N4O3S. The number of fused-ring (bicyclic) bond motifs is 1. The van der Waals surface area contributed by atoms with Crippen LogP contribution in [0, 0.1) is 5.82 Å². The predicted octanol–water partition coefficient (Wildman–Crippen LogP) is 7.76. The highest BCUT2D eigenvalue weighted by atomic mass is 32.2. The number of amides is 2. The summed E-state index contributed by atoms with van der Waals surface area (Å²) in [6.07, 6.45) is -6.10. The summed E-state index contributed by atoms with van der Waals surface area (Å²) in [5.41, 5.74) is -2.59. The van der Waals surface area contributed by atoms with E-state index in [9.17, 15) is 43.9 Å². The molecule has 0 fully saturated rings. The van der Waals surface area contributed by atoms with Gasteiger partial charge in [-0.05, 0) is 73.0 Å². The number of carbonyl (C=O) groups is 1. The Morgan fingerprint density at radius 3 is 2.34 bits per heavy atom. The van der Waals surface area contributed by atoms with E-state index >= 15 is 0 Å². The lowest BCUT2D eigenvalue weighted by atomic mass is 9.92. The van der Waals surface area contributed by atoms with Crippen molar-refractivity contribution in [1.82, 2.24) is 10.3 Å². The normalized spacial score (nSPS) is 17.0. The molecule has 0 saturated heterocycles. The van der Waals surface area contributed by atoms with Gasteiger partial charge in [0.05, 0.1) is 33.8 Å². The van der Waals surface area contributed by atoms with Crippen molar-refractivity contribution < 1.29 is 43.9 Å². The molecule has 4 aromatic rings. The maximum atomic E-state index is 14.5. The Labute approximate surface area is 264 Å². The van der Waals surface area contributed by atoms with Gasteiger partial charge in [0, 0.05) is 11.8 Å². The molecule has 0 saturated carbocycles. The van der Waals surface area contributed by atoms with Crippen LogP contribution in [0.25, 0.3) is 12.2 Å². The zero-order valence-corrected chi connectivity index (χ0v) is 25.1. The van der Waals surface area contributed by atoms with Crippen LogP contribution in [0.5, 0.6) is 0 Å². The molecule has 7 nitrogen and oxygen atoms in total. The fourth-order valence-electron chi connectivity index (χ4n) is 5.21. The van der Waals surface area contributed by atoms with Gasteiger partial charge in [0.1, 0.15) is 11.6 Å². The lowest BCUT2D eigenvalue weighted by Crippen LogP contribution is -2.57. The van der Waals surface area contributed by atoms with Gasteiger partial charge < -0.3 is 5.32 Å². The molecule has 3 aromatic carbocycles. The minimum absolute atomic E-state index is 0.0184. The van der Waals surface area contributed by atoms with Crippen LogP contribution in [-0.2, 0) is 28.8 Å². The van der Waals surface area contributed by atoms with Crippen LogP contribution in [0.4, 0.5) is 47.0 Å². The first kappa shape index (κ1) is 33.4. The van der Waals surface area contributed by atoms with Crippen molar-refractivity contribution in [2.75, 3.05) is 9.62 Å². The number of halogens is 7. The maximum Gasteiger partial charge on any atom is 0.417 e. The molecule has 246 valence electrons. The average molecular weight is 679 g/mol. The molecule has 2 unspecified atom stereocenters. The maximum absolute atomic E-state index is 14.5. The van der Waals surface area contributed by atoms with Crippen LogP contribution in [0.3, 0.4) is 0 Å². The van der Waals surface area contributed by atoms with E-state index in [4.69, 9.17) is 0 Å². The lowest BCUT2D eigenvalue weighted by molar-refractivity contribution is -0.138. The van der Waals surface area contributed by atoms with E-state index in [0.29, 0.717) is 11.6 Å². The molecule has 2 atom stereocenters. The number of hydrogen-bond donors (Lipinski definition) is 2. The summed E-state index contributed by atoms with van der Waals surface area (Å²) in [6.45, 7) is 1.46. The molecule has 2 N–H and O–H groups in total. The second-order valence-corrected chi connectivity index (χ2v) is 12.4. The quantitative estimate of drug-likeness (QED) is 0.161. The first-order chi connectivity index (χ1) is 22.1. The minimum Gasteiger partial charge on any atom is -0.333 e. The van der Waals surface area contributed by atoms with E-state index in [1.807, 2.05) is 0 Å². The van der Waals surface area contributed by atoms with Crippen molar-refractivity contribution in [1.29, 1.82) is 0 Å². The number of aromatic nitrogens is 1. The molecule has 0 radical (unpaired) electrons. The Morgan fingerprint density at radius 1 is 0.915 bits per heavy atom. The fraction of sp³-hybridized carbons (Fsp3) is 0.188. The number of alkyl halides is 6. The summed E-state index contributed by atoms with van der Waals surface area (Å²) in [4.78, 5) is 16.2. The molecule has 5 rings (SSSR count). The number of sulfonamides is 1. The summed E-state index contributed by atoms with van der Waals surface area (Å²) in [5, 5.41) is 5.23. The summed E-state index contributed by atoms with van der Waals surface area (Å²) >= 11 is 0. The molecule has 2 amide bonds. The topological polar surface area (TPSA) is 91.4 Å². The van der Waals surface area contributed by atoms with Crippen molar-refractivity contribution in [3.05, 3.63) is 119 Å². The van der Waals surface area contributed by atoms with E-state index in [-0.39, 0.29) is 23.5 Å². The number of urea groups is 1. The second kappa shape index (κ2) is 12.7. The number of hydrogen-bond acceptors (Lipinski definition) is 4. The Kier molecular flexibility index (Phi) is 9.04. The van der Waals surface area contributed by atoms with Crippen LogP contribution < -0.4 is 14.9 Å². The zero-order chi connectivity index (χ0) is 34.1. The van der Waals surface area contributed by atoms with Crippen molar-refractivity contribution in [3.63, 3.8) is 0 Å². The Bertz CT molecular complexity index is 1930. The van der Waals surface area contributed by atoms with Gasteiger partial charge in [-0.1, -0.05) is 42.5 Å². The summed E-state index contributed by atoms with van der Waals surface area (Å²) in [7, 11) is -4.74. The number of nitrogens with zero attached hydrogens (tertiary/aromatic N) is 2. The highest BCUT2D eigenvalue weighted by Gasteiger charge is 2.41. The summed E-state index contributed by atoms with van der Waals surface area (Å²) in [5.74, 6) is -0.920. The van der Waals surface area contributed by atoms with Gasteiger partial charge in [0.2, 0.25) is 0 Å². The SMILES string of the molecule is CC1C(NC(=O)Nc2ccccn2)Cc2ccc(C=Cc3c(F)cccc3C(F)(F)F)cc2N1S(=O)(=O)c1cccc(C(F)(F)F)c1. The Morgan fingerprint density at radius 2 is 1.66 bits per heavy atom. The van der Waals surface area contributed by atoms with Gasteiger partial charge in [0.15, 0.2) is 0 Å². The van der Waals surface area contributed by atoms with E-state index in [0.717, 1.165) is 52.9 Å². The highest BCUT2D eigenvalue weighted by Crippen LogP contribution is 2.39. The Balaban J connectivity index is 1.57. The molecule has 47 heavy (non-hydrogen) atoms.